The van der Waals surface area contributed by atoms with E-state index < -0.39 is 53.6 Å². The molecule has 11 heteroatoms. The first-order chi connectivity index (χ1) is 17.6. The fourth-order valence-corrected chi connectivity index (χ4v) is 4.54. The number of hydrogen-bond donors (Lipinski definition) is 2. The van der Waals surface area contributed by atoms with Crippen LogP contribution in [0.1, 0.15) is 50.8 Å². The summed E-state index contributed by atoms with van der Waals surface area (Å²) in [5, 5.41) is 13.2. The summed E-state index contributed by atoms with van der Waals surface area (Å²) < 4.78 is 69.6. The lowest BCUT2D eigenvalue weighted by molar-refractivity contribution is -0.177. The lowest BCUT2D eigenvalue weighted by Crippen LogP contribution is -2.42. The van der Waals surface area contributed by atoms with Crippen molar-refractivity contribution in [1.82, 2.24) is 0 Å². The van der Waals surface area contributed by atoms with Crippen LogP contribution in [0.2, 0.25) is 5.02 Å². The normalized spacial score (nSPS) is 18.9. The first-order valence-corrected chi connectivity index (χ1v) is 11.8. The Morgan fingerprint density at radius 2 is 1.74 bits per heavy atom. The van der Waals surface area contributed by atoms with Crippen LogP contribution < -0.4 is 10.2 Å². The topological polar surface area (TPSA) is 69.6 Å². The van der Waals surface area contributed by atoms with Gasteiger partial charge in [-0.15, -0.1) is 0 Å². The van der Waals surface area contributed by atoms with Gasteiger partial charge in [0.2, 0.25) is 0 Å². The first-order valence-electron chi connectivity index (χ1n) is 11.4. The third-order valence-electron chi connectivity index (χ3n) is 6.58. The van der Waals surface area contributed by atoms with Crippen molar-refractivity contribution in [2.45, 2.75) is 38.0 Å². The molecule has 0 aromatic heterocycles. The molecule has 0 saturated heterocycles. The van der Waals surface area contributed by atoms with Gasteiger partial charge in [-0.3, -0.25) is 9.59 Å². The van der Waals surface area contributed by atoms with Crippen LogP contribution in [0, 0.1) is 6.92 Å². The van der Waals surface area contributed by atoms with E-state index in [9.17, 15) is 36.6 Å². The number of halogens is 6. The highest BCUT2D eigenvalue weighted by atomic mass is 35.5. The number of fused-ring (bicyclic) bond motifs is 1. The molecular weight excluding hydrogens is 531 g/mol. The maximum Gasteiger partial charge on any atom is 0.417 e. The molecule has 38 heavy (non-hydrogen) atoms. The van der Waals surface area contributed by atoms with E-state index in [1.807, 2.05) is 0 Å². The van der Waals surface area contributed by atoms with Crippen LogP contribution >= 0.6 is 11.6 Å². The van der Waals surface area contributed by atoms with E-state index in [1.165, 1.54) is 55.5 Å². The van der Waals surface area contributed by atoms with Crippen molar-refractivity contribution in [2.75, 3.05) is 16.8 Å². The molecule has 0 unspecified atom stereocenters. The number of nitrogens with zero attached hydrogens (tertiary/aromatic N) is 1. The number of nitrogens with one attached hydrogen (secondary N) is 1. The second-order valence-electron chi connectivity index (χ2n) is 9.17. The van der Waals surface area contributed by atoms with Gasteiger partial charge in [-0.05, 0) is 67.9 Å². The molecule has 1 atom stereocenters. The minimum atomic E-state index is -4.73. The highest BCUT2D eigenvalue weighted by Crippen LogP contribution is 2.47. The molecule has 5 nitrogen and oxygen atoms in total. The molecule has 0 spiro atoms. The lowest BCUT2D eigenvalue weighted by atomic mass is 9.87. The van der Waals surface area contributed by atoms with Crippen molar-refractivity contribution in [3.63, 3.8) is 0 Å². The van der Waals surface area contributed by atoms with Crippen molar-refractivity contribution in [1.29, 1.82) is 0 Å². The molecule has 1 aliphatic heterocycles. The fourth-order valence-electron chi connectivity index (χ4n) is 4.37. The molecule has 3 aromatic carbocycles. The van der Waals surface area contributed by atoms with Gasteiger partial charge in [0.15, 0.2) is 5.60 Å². The number of aliphatic hydroxyl groups is 1. The second-order valence-corrected chi connectivity index (χ2v) is 9.61. The summed E-state index contributed by atoms with van der Waals surface area (Å²) in [6, 6.07) is 12.4. The van der Waals surface area contributed by atoms with E-state index in [4.69, 9.17) is 11.6 Å². The van der Waals surface area contributed by atoms with Gasteiger partial charge in [0, 0.05) is 34.8 Å². The summed E-state index contributed by atoms with van der Waals surface area (Å²) in [6.07, 6.45) is -5.54. The van der Waals surface area contributed by atoms with Gasteiger partial charge >= 0.3 is 6.18 Å². The van der Waals surface area contributed by atoms with Gasteiger partial charge in [-0.2, -0.15) is 13.2 Å². The highest BCUT2D eigenvalue weighted by molar-refractivity contribution is 6.30. The largest absolute Gasteiger partial charge is 0.417 e. The number of carbonyl (C=O) groups excluding carboxylic acids is 2. The average molecular weight is 553 g/mol. The average Bonchev–Trinajstić information content (AvgIpc) is 2.91. The number of carbonyl (C=O) groups is 2. The van der Waals surface area contributed by atoms with E-state index in [0.717, 1.165) is 24.0 Å². The van der Waals surface area contributed by atoms with Crippen LogP contribution in [-0.4, -0.2) is 29.4 Å². The standard InChI is InChI=1S/C27H22ClF5N2O3/c1-15-13-16(7-9-21(15)34-23(36)18-5-3-4-6-19(18)27(31,32)33)24(37)35-12-11-26(29,30)25(2,38)20-14-17(28)8-10-22(20)35/h3-10,13-14,38H,11-12H2,1-2H3,(H,34,36)/t25-/m1/s1. The Labute approximate surface area is 219 Å². The minimum Gasteiger partial charge on any atom is -0.379 e. The zero-order valence-electron chi connectivity index (χ0n) is 20.2. The monoisotopic (exact) mass is 552 g/mol. The highest BCUT2D eigenvalue weighted by Gasteiger charge is 2.53. The maximum absolute atomic E-state index is 14.8. The Morgan fingerprint density at radius 1 is 1.05 bits per heavy atom. The van der Waals surface area contributed by atoms with Crippen LogP contribution in [-0.2, 0) is 11.8 Å². The molecule has 4 rings (SSSR count). The Bertz CT molecular complexity index is 1420. The zero-order valence-corrected chi connectivity index (χ0v) is 20.9. The predicted molar refractivity (Wildman–Crippen MR) is 133 cm³/mol. The summed E-state index contributed by atoms with van der Waals surface area (Å²) >= 11 is 6.00. The van der Waals surface area contributed by atoms with Crippen molar-refractivity contribution in [3.05, 3.63) is 93.5 Å². The van der Waals surface area contributed by atoms with Gasteiger partial charge < -0.3 is 15.3 Å². The molecule has 200 valence electrons. The summed E-state index contributed by atoms with van der Waals surface area (Å²) in [7, 11) is 0. The summed E-state index contributed by atoms with van der Waals surface area (Å²) in [5.74, 6) is -5.19. The van der Waals surface area contributed by atoms with Crippen LogP contribution in [0.5, 0.6) is 0 Å². The maximum atomic E-state index is 14.8. The van der Waals surface area contributed by atoms with Crippen LogP contribution in [0.3, 0.4) is 0 Å². The van der Waals surface area contributed by atoms with Gasteiger partial charge in [0.05, 0.1) is 16.8 Å². The molecule has 1 heterocycles. The number of benzene rings is 3. The number of aryl methyl sites for hydroxylation is 1. The number of rotatable bonds is 3. The lowest BCUT2D eigenvalue weighted by Gasteiger charge is -2.32. The number of amides is 2. The van der Waals surface area contributed by atoms with Crippen LogP contribution in [0.15, 0.2) is 60.7 Å². The molecule has 0 radical (unpaired) electrons. The second kappa shape index (κ2) is 9.67. The molecular formula is C27H22ClF5N2O3. The fraction of sp³-hybridized carbons (Fsp3) is 0.259. The van der Waals surface area contributed by atoms with Crippen LogP contribution in [0.25, 0.3) is 0 Å². The number of hydrogen-bond acceptors (Lipinski definition) is 3. The Morgan fingerprint density at radius 3 is 2.39 bits per heavy atom. The first kappa shape index (κ1) is 27.5. The minimum absolute atomic E-state index is 0.0698. The van der Waals surface area contributed by atoms with Gasteiger partial charge in [-0.25, -0.2) is 8.78 Å². The SMILES string of the molecule is Cc1cc(C(=O)N2CCC(F)(F)[C@](C)(O)c3cc(Cl)ccc32)ccc1NC(=O)c1ccccc1C(F)(F)F. The summed E-state index contributed by atoms with van der Waals surface area (Å²) in [6.45, 7) is 2.11. The molecule has 0 bridgehead atoms. The third kappa shape index (κ3) is 4.98. The van der Waals surface area contributed by atoms with Gasteiger partial charge in [0.1, 0.15) is 0 Å². The van der Waals surface area contributed by atoms with Crippen molar-refractivity contribution in [2.24, 2.45) is 0 Å². The van der Waals surface area contributed by atoms with Crippen molar-refractivity contribution in [3.8, 4) is 0 Å². The molecule has 0 aliphatic carbocycles. The zero-order chi connectivity index (χ0) is 28.0. The predicted octanol–water partition coefficient (Wildman–Crippen LogP) is 6.81. The van der Waals surface area contributed by atoms with Crippen molar-refractivity contribution < 1.29 is 36.6 Å². The van der Waals surface area contributed by atoms with Gasteiger partial charge in [-0.1, -0.05) is 23.7 Å². The molecule has 2 amide bonds. The smallest absolute Gasteiger partial charge is 0.379 e. The van der Waals surface area contributed by atoms with Gasteiger partial charge in [0.25, 0.3) is 17.7 Å². The van der Waals surface area contributed by atoms with E-state index in [1.54, 1.807) is 0 Å². The van der Waals surface area contributed by atoms with Crippen LogP contribution in [0.4, 0.5) is 33.3 Å². The Balaban J connectivity index is 1.64. The number of anilines is 2. The van der Waals surface area contributed by atoms with Crippen molar-refractivity contribution >= 4 is 34.8 Å². The summed E-state index contributed by atoms with van der Waals surface area (Å²) in [4.78, 5) is 27.2. The molecule has 0 fully saturated rings. The Kier molecular flexibility index (Phi) is 7.00. The molecule has 3 aromatic rings. The third-order valence-corrected chi connectivity index (χ3v) is 6.81. The Hall–Kier alpha value is -3.50. The molecule has 0 saturated carbocycles. The van der Waals surface area contributed by atoms with E-state index in [-0.39, 0.29) is 27.5 Å². The van der Waals surface area contributed by atoms with E-state index in [2.05, 4.69) is 5.32 Å². The van der Waals surface area contributed by atoms with E-state index >= 15 is 0 Å². The molecule has 1 aliphatic rings. The van der Waals surface area contributed by atoms with E-state index in [0.29, 0.717) is 5.56 Å². The summed E-state index contributed by atoms with van der Waals surface area (Å²) in [5.41, 5.74) is -3.76. The quantitative estimate of drug-likeness (QED) is 0.351. The number of alkyl halides is 5. The molecule has 2 N–H and O–H groups in total.